The monoisotopic (exact) mass is 421 g/mol. The average Bonchev–Trinajstić information content (AvgIpc) is 2.67. The number of sulfonamides is 1. The normalized spacial score (nSPS) is 15.2. The van der Waals surface area contributed by atoms with Gasteiger partial charge in [0.2, 0.25) is 0 Å². The number of benzene rings is 2. The van der Waals surface area contributed by atoms with E-state index in [9.17, 15) is 13.2 Å². The summed E-state index contributed by atoms with van der Waals surface area (Å²) in [5, 5.41) is 0.391. The van der Waals surface area contributed by atoms with Crippen LogP contribution in [0.2, 0.25) is 5.02 Å². The van der Waals surface area contributed by atoms with Crippen LogP contribution in [0.15, 0.2) is 53.4 Å². The maximum atomic E-state index is 13.3. The van der Waals surface area contributed by atoms with Crippen LogP contribution in [0.3, 0.4) is 0 Å². The molecule has 0 amide bonds. The van der Waals surface area contributed by atoms with Gasteiger partial charge in [0.15, 0.2) is 0 Å². The molecule has 0 N–H and O–H groups in total. The number of nitrogens with zero attached hydrogens (tertiary/aromatic N) is 1. The van der Waals surface area contributed by atoms with Crippen molar-refractivity contribution in [3.63, 3.8) is 0 Å². The molecule has 0 bridgehead atoms. The largest absolute Gasteiger partial charge is 0.461 e. The summed E-state index contributed by atoms with van der Waals surface area (Å²) in [4.78, 5) is 12.7. The van der Waals surface area contributed by atoms with Crippen LogP contribution in [-0.4, -0.2) is 27.0 Å². The standard InChI is InChI=1S/C21H24ClNO4S/c1-16-10-12-20(13-11-16)28(25,26)23(18-7-5-6-17(22)14-18)15-21(24)27-19-8-3-2-4-9-19/h5-7,10-14,19H,2-4,8-9,15H2,1H3. The molecule has 2 aromatic carbocycles. The number of hydrogen-bond donors (Lipinski definition) is 0. The van der Waals surface area contributed by atoms with Gasteiger partial charge in [-0.15, -0.1) is 0 Å². The smallest absolute Gasteiger partial charge is 0.327 e. The Bertz CT molecular complexity index is 922. The van der Waals surface area contributed by atoms with Gasteiger partial charge in [-0.3, -0.25) is 9.10 Å². The third-order valence-corrected chi connectivity index (χ3v) is 6.85. The molecule has 2 aromatic rings. The van der Waals surface area contributed by atoms with Gasteiger partial charge >= 0.3 is 5.97 Å². The Morgan fingerprint density at radius 3 is 2.43 bits per heavy atom. The third kappa shape index (κ3) is 5.06. The van der Waals surface area contributed by atoms with E-state index in [1.54, 1.807) is 30.3 Å². The zero-order valence-corrected chi connectivity index (χ0v) is 17.4. The van der Waals surface area contributed by atoms with Gasteiger partial charge in [-0.25, -0.2) is 8.42 Å². The summed E-state index contributed by atoms with van der Waals surface area (Å²) in [6.45, 7) is 1.49. The van der Waals surface area contributed by atoms with Crippen LogP contribution >= 0.6 is 11.6 Å². The Balaban J connectivity index is 1.88. The number of ether oxygens (including phenoxy) is 1. The minimum atomic E-state index is -3.95. The number of halogens is 1. The summed E-state index contributed by atoms with van der Waals surface area (Å²) in [6, 6.07) is 13.0. The second-order valence-electron chi connectivity index (χ2n) is 7.05. The Labute approximate surface area is 171 Å². The van der Waals surface area contributed by atoms with Crippen LogP contribution in [0.25, 0.3) is 0 Å². The van der Waals surface area contributed by atoms with E-state index in [4.69, 9.17) is 16.3 Å². The molecule has 1 aliphatic rings. The highest BCUT2D eigenvalue weighted by Gasteiger charge is 2.29. The maximum Gasteiger partial charge on any atom is 0.327 e. The Kier molecular flexibility index (Phi) is 6.62. The molecule has 0 radical (unpaired) electrons. The number of esters is 1. The summed E-state index contributed by atoms with van der Waals surface area (Å²) in [7, 11) is -3.95. The average molecular weight is 422 g/mol. The van der Waals surface area contributed by atoms with Crippen LogP contribution in [-0.2, 0) is 19.6 Å². The highest BCUT2D eigenvalue weighted by Crippen LogP contribution is 2.27. The zero-order chi connectivity index (χ0) is 20.1. The van der Waals surface area contributed by atoms with Crippen molar-refractivity contribution < 1.29 is 17.9 Å². The summed E-state index contributed by atoms with van der Waals surface area (Å²) in [6.07, 6.45) is 4.71. The summed E-state index contributed by atoms with van der Waals surface area (Å²) in [5.41, 5.74) is 1.28. The van der Waals surface area contributed by atoms with Gasteiger partial charge in [0.1, 0.15) is 12.6 Å². The van der Waals surface area contributed by atoms with Crippen molar-refractivity contribution in [1.82, 2.24) is 0 Å². The number of carbonyl (C=O) groups is 1. The molecule has 5 nitrogen and oxygen atoms in total. The zero-order valence-electron chi connectivity index (χ0n) is 15.8. The van der Waals surface area contributed by atoms with Crippen molar-refractivity contribution in [2.45, 2.75) is 50.0 Å². The summed E-state index contributed by atoms with van der Waals surface area (Å²) >= 11 is 6.06. The predicted molar refractivity (Wildman–Crippen MR) is 110 cm³/mol. The first-order chi connectivity index (χ1) is 13.4. The lowest BCUT2D eigenvalue weighted by atomic mass is 9.98. The molecule has 0 spiro atoms. The van der Waals surface area contributed by atoms with Crippen LogP contribution < -0.4 is 4.31 Å². The fourth-order valence-electron chi connectivity index (χ4n) is 3.31. The molecule has 1 aliphatic carbocycles. The first kappa shape index (κ1) is 20.7. The number of hydrogen-bond acceptors (Lipinski definition) is 4. The van der Waals surface area contributed by atoms with E-state index in [0.29, 0.717) is 10.7 Å². The van der Waals surface area contributed by atoms with Crippen molar-refractivity contribution >= 4 is 33.3 Å². The topological polar surface area (TPSA) is 63.7 Å². The van der Waals surface area contributed by atoms with E-state index >= 15 is 0 Å². The van der Waals surface area contributed by atoms with Crippen molar-refractivity contribution in [3.8, 4) is 0 Å². The van der Waals surface area contributed by atoms with Crippen molar-refractivity contribution in [2.75, 3.05) is 10.8 Å². The molecule has 1 saturated carbocycles. The highest BCUT2D eigenvalue weighted by molar-refractivity contribution is 7.92. The summed E-state index contributed by atoms with van der Waals surface area (Å²) < 4.78 is 33.1. The first-order valence-electron chi connectivity index (χ1n) is 9.41. The van der Waals surface area contributed by atoms with Crippen LogP contribution in [0, 0.1) is 6.92 Å². The Morgan fingerprint density at radius 1 is 1.11 bits per heavy atom. The second kappa shape index (κ2) is 8.97. The molecule has 150 valence electrons. The minimum absolute atomic E-state index is 0.114. The fourth-order valence-corrected chi connectivity index (χ4v) is 4.89. The van der Waals surface area contributed by atoms with Crippen LogP contribution in [0.5, 0.6) is 0 Å². The first-order valence-corrected chi connectivity index (χ1v) is 11.2. The lowest BCUT2D eigenvalue weighted by Crippen LogP contribution is -2.38. The predicted octanol–water partition coefficient (Wildman–Crippen LogP) is 4.72. The molecular formula is C21H24ClNO4S. The summed E-state index contributed by atoms with van der Waals surface area (Å²) in [5.74, 6) is -0.553. The molecule has 0 heterocycles. The molecule has 3 rings (SSSR count). The highest BCUT2D eigenvalue weighted by atomic mass is 35.5. The molecule has 1 fully saturated rings. The van der Waals surface area contributed by atoms with Gasteiger partial charge in [0.05, 0.1) is 10.6 Å². The molecule has 0 aromatic heterocycles. The lowest BCUT2D eigenvalue weighted by Gasteiger charge is -2.26. The SMILES string of the molecule is Cc1ccc(S(=O)(=O)N(CC(=O)OC2CCCCC2)c2cccc(Cl)c2)cc1. The van der Waals surface area contributed by atoms with Gasteiger partial charge in [-0.05, 0) is 62.9 Å². The van der Waals surface area contributed by atoms with Crippen molar-refractivity contribution in [2.24, 2.45) is 0 Å². The van der Waals surface area contributed by atoms with E-state index in [0.717, 1.165) is 42.0 Å². The van der Waals surface area contributed by atoms with E-state index < -0.39 is 22.5 Å². The van der Waals surface area contributed by atoms with Crippen molar-refractivity contribution in [3.05, 3.63) is 59.1 Å². The molecule has 7 heteroatoms. The van der Waals surface area contributed by atoms with Gasteiger partial charge in [0.25, 0.3) is 10.0 Å². The van der Waals surface area contributed by atoms with Gasteiger partial charge < -0.3 is 4.74 Å². The van der Waals surface area contributed by atoms with Crippen LogP contribution in [0.1, 0.15) is 37.7 Å². The molecule has 0 saturated heterocycles. The maximum absolute atomic E-state index is 13.3. The number of rotatable bonds is 6. The van der Waals surface area contributed by atoms with Crippen LogP contribution in [0.4, 0.5) is 5.69 Å². The fraction of sp³-hybridized carbons (Fsp3) is 0.381. The second-order valence-corrected chi connectivity index (χ2v) is 9.35. The molecule has 28 heavy (non-hydrogen) atoms. The number of carbonyl (C=O) groups excluding carboxylic acids is 1. The quantitative estimate of drug-likeness (QED) is 0.633. The molecular weight excluding hydrogens is 398 g/mol. The van der Waals surface area contributed by atoms with Gasteiger partial charge in [-0.1, -0.05) is 41.8 Å². The molecule has 0 atom stereocenters. The van der Waals surface area contributed by atoms with Gasteiger partial charge in [-0.2, -0.15) is 0 Å². The van der Waals surface area contributed by atoms with Crippen molar-refractivity contribution in [1.29, 1.82) is 0 Å². The van der Waals surface area contributed by atoms with E-state index in [1.165, 1.54) is 18.2 Å². The van der Waals surface area contributed by atoms with E-state index in [1.807, 2.05) is 6.92 Å². The molecule has 0 unspecified atom stereocenters. The lowest BCUT2D eigenvalue weighted by molar-refractivity contribution is -0.148. The minimum Gasteiger partial charge on any atom is -0.461 e. The Hall–Kier alpha value is -2.05. The Morgan fingerprint density at radius 2 is 1.79 bits per heavy atom. The number of anilines is 1. The van der Waals surface area contributed by atoms with E-state index in [-0.39, 0.29) is 11.0 Å². The number of aryl methyl sites for hydroxylation is 1. The van der Waals surface area contributed by atoms with Gasteiger partial charge in [0, 0.05) is 5.02 Å². The van der Waals surface area contributed by atoms with E-state index in [2.05, 4.69) is 0 Å². The third-order valence-electron chi connectivity index (χ3n) is 4.83. The molecule has 0 aliphatic heterocycles.